The standard InChI is InChI=1S/C20H22ClNO4/c1-14(2)16-6-8-18(9-7-16)25-13-20(24)26-12-19(23)22-11-15-4-3-5-17(21)10-15/h3-10,14H,11-13H2,1-2H3,(H,22,23). The Bertz CT molecular complexity index is 744. The lowest BCUT2D eigenvalue weighted by Crippen LogP contribution is -2.29. The number of halogens is 1. The second-order valence-corrected chi connectivity index (χ2v) is 6.52. The molecule has 0 aliphatic rings. The number of esters is 1. The van der Waals surface area contributed by atoms with E-state index in [4.69, 9.17) is 21.1 Å². The maximum atomic E-state index is 11.7. The predicted molar refractivity (Wildman–Crippen MR) is 100 cm³/mol. The van der Waals surface area contributed by atoms with Gasteiger partial charge in [0.15, 0.2) is 13.2 Å². The number of carbonyl (C=O) groups is 2. The highest BCUT2D eigenvalue weighted by Crippen LogP contribution is 2.18. The molecule has 2 aromatic carbocycles. The molecule has 0 unspecified atom stereocenters. The molecule has 138 valence electrons. The van der Waals surface area contributed by atoms with E-state index in [2.05, 4.69) is 19.2 Å². The van der Waals surface area contributed by atoms with E-state index in [-0.39, 0.29) is 19.1 Å². The summed E-state index contributed by atoms with van der Waals surface area (Å²) in [4.78, 5) is 23.4. The lowest BCUT2D eigenvalue weighted by molar-refractivity contribution is -0.150. The number of rotatable bonds is 8. The van der Waals surface area contributed by atoms with Crippen molar-refractivity contribution in [1.82, 2.24) is 5.32 Å². The van der Waals surface area contributed by atoms with Gasteiger partial charge in [0, 0.05) is 11.6 Å². The van der Waals surface area contributed by atoms with Crippen LogP contribution in [0.3, 0.4) is 0 Å². The van der Waals surface area contributed by atoms with E-state index in [1.54, 1.807) is 30.3 Å². The summed E-state index contributed by atoms with van der Waals surface area (Å²) in [6.45, 7) is 3.92. The predicted octanol–water partition coefficient (Wildman–Crippen LogP) is 3.70. The molecular weight excluding hydrogens is 354 g/mol. The Labute approximate surface area is 158 Å². The molecule has 26 heavy (non-hydrogen) atoms. The van der Waals surface area contributed by atoms with Gasteiger partial charge in [0.25, 0.3) is 5.91 Å². The van der Waals surface area contributed by atoms with Crippen LogP contribution in [0.2, 0.25) is 5.02 Å². The van der Waals surface area contributed by atoms with Gasteiger partial charge >= 0.3 is 5.97 Å². The van der Waals surface area contributed by atoms with Gasteiger partial charge in [-0.2, -0.15) is 0 Å². The zero-order valence-corrected chi connectivity index (χ0v) is 15.6. The summed E-state index contributed by atoms with van der Waals surface area (Å²) >= 11 is 5.88. The Morgan fingerprint density at radius 2 is 1.81 bits per heavy atom. The third-order valence-corrected chi connectivity index (χ3v) is 3.88. The second kappa shape index (κ2) is 9.82. The van der Waals surface area contributed by atoms with E-state index in [0.29, 0.717) is 23.2 Å². The number of nitrogens with one attached hydrogen (secondary N) is 1. The van der Waals surface area contributed by atoms with Crippen LogP contribution in [0.5, 0.6) is 5.75 Å². The molecule has 2 rings (SSSR count). The van der Waals surface area contributed by atoms with Crippen molar-refractivity contribution < 1.29 is 19.1 Å². The monoisotopic (exact) mass is 375 g/mol. The van der Waals surface area contributed by atoms with Crippen molar-refractivity contribution in [1.29, 1.82) is 0 Å². The van der Waals surface area contributed by atoms with Gasteiger partial charge in [0.2, 0.25) is 0 Å². The molecule has 2 aromatic rings. The molecule has 0 atom stereocenters. The molecule has 5 nitrogen and oxygen atoms in total. The SMILES string of the molecule is CC(C)c1ccc(OCC(=O)OCC(=O)NCc2cccc(Cl)c2)cc1. The average Bonchev–Trinajstić information content (AvgIpc) is 2.63. The highest BCUT2D eigenvalue weighted by molar-refractivity contribution is 6.30. The average molecular weight is 376 g/mol. The number of benzene rings is 2. The fraction of sp³-hybridized carbons (Fsp3) is 0.300. The summed E-state index contributed by atoms with van der Waals surface area (Å²) in [6, 6.07) is 14.7. The Hall–Kier alpha value is -2.53. The molecule has 0 fully saturated rings. The molecule has 0 heterocycles. The number of hydrogen-bond acceptors (Lipinski definition) is 4. The van der Waals surface area contributed by atoms with E-state index in [1.165, 1.54) is 5.56 Å². The summed E-state index contributed by atoms with van der Waals surface area (Å²) in [6.07, 6.45) is 0. The molecule has 0 aliphatic heterocycles. The zero-order chi connectivity index (χ0) is 18.9. The number of carbonyl (C=O) groups excluding carboxylic acids is 2. The number of ether oxygens (including phenoxy) is 2. The Morgan fingerprint density at radius 3 is 2.46 bits per heavy atom. The van der Waals surface area contributed by atoms with Crippen molar-refractivity contribution in [2.24, 2.45) is 0 Å². The maximum absolute atomic E-state index is 11.7. The minimum atomic E-state index is -0.601. The van der Waals surface area contributed by atoms with Crippen LogP contribution in [-0.4, -0.2) is 25.1 Å². The van der Waals surface area contributed by atoms with Crippen molar-refractivity contribution in [2.75, 3.05) is 13.2 Å². The normalized spacial score (nSPS) is 10.5. The van der Waals surface area contributed by atoms with Crippen LogP contribution in [0.15, 0.2) is 48.5 Å². The molecule has 0 aliphatic carbocycles. The largest absolute Gasteiger partial charge is 0.482 e. The minimum absolute atomic E-state index is 0.247. The summed E-state index contributed by atoms with van der Waals surface area (Å²) < 4.78 is 10.3. The first-order valence-corrected chi connectivity index (χ1v) is 8.71. The quantitative estimate of drug-likeness (QED) is 0.714. The highest BCUT2D eigenvalue weighted by atomic mass is 35.5. The molecule has 0 radical (unpaired) electrons. The van der Waals surface area contributed by atoms with E-state index < -0.39 is 5.97 Å². The van der Waals surface area contributed by atoms with Crippen LogP contribution in [-0.2, 0) is 20.9 Å². The van der Waals surface area contributed by atoms with Crippen LogP contribution in [0.25, 0.3) is 0 Å². The van der Waals surface area contributed by atoms with Gasteiger partial charge in [-0.15, -0.1) is 0 Å². The molecule has 0 saturated heterocycles. The van der Waals surface area contributed by atoms with Gasteiger partial charge in [-0.1, -0.05) is 49.7 Å². The van der Waals surface area contributed by atoms with Crippen LogP contribution >= 0.6 is 11.6 Å². The van der Waals surface area contributed by atoms with Crippen molar-refractivity contribution in [3.63, 3.8) is 0 Å². The van der Waals surface area contributed by atoms with Crippen LogP contribution in [0.1, 0.15) is 30.9 Å². The van der Waals surface area contributed by atoms with Crippen LogP contribution in [0, 0.1) is 0 Å². The molecule has 6 heteroatoms. The third kappa shape index (κ3) is 6.76. The summed E-state index contributed by atoms with van der Waals surface area (Å²) in [5.74, 6) is 0.0200. The van der Waals surface area contributed by atoms with E-state index >= 15 is 0 Å². The minimum Gasteiger partial charge on any atom is -0.482 e. The molecule has 1 amide bonds. The molecular formula is C20H22ClNO4. The van der Waals surface area contributed by atoms with Gasteiger partial charge in [-0.3, -0.25) is 4.79 Å². The van der Waals surface area contributed by atoms with E-state index in [9.17, 15) is 9.59 Å². The second-order valence-electron chi connectivity index (χ2n) is 6.08. The topological polar surface area (TPSA) is 64.6 Å². The number of hydrogen-bond donors (Lipinski definition) is 1. The summed E-state index contributed by atoms with van der Waals surface area (Å²) in [5, 5.41) is 3.26. The van der Waals surface area contributed by atoms with Gasteiger partial charge in [0.1, 0.15) is 5.75 Å². The fourth-order valence-corrected chi connectivity index (χ4v) is 2.39. The molecule has 0 saturated carbocycles. The van der Waals surface area contributed by atoms with E-state index in [1.807, 2.05) is 18.2 Å². The first-order valence-electron chi connectivity index (χ1n) is 8.33. The van der Waals surface area contributed by atoms with Gasteiger partial charge in [-0.25, -0.2) is 4.79 Å². The fourth-order valence-electron chi connectivity index (χ4n) is 2.18. The number of amides is 1. The van der Waals surface area contributed by atoms with Gasteiger partial charge < -0.3 is 14.8 Å². The third-order valence-electron chi connectivity index (χ3n) is 3.65. The molecule has 0 bridgehead atoms. The van der Waals surface area contributed by atoms with Gasteiger partial charge in [-0.05, 0) is 41.3 Å². The zero-order valence-electron chi connectivity index (χ0n) is 14.8. The van der Waals surface area contributed by atoms with Crippen LogP contribution in [0.4, 0.5) is 0 Å². The lowest BCUT2D eigenvalue weighted by Gasteiger charge is -2.09. The Kier molecular flexibility index (Phi) is 7.48. The van der Waals surface area contributed by atoms with Crippen molar-refractivity contribution >= 4 is 23.5 Å². The van der Waals surface area contributed by atoms with E-state index in [0.717, 1.165) is 5.56 Å². The van der Waals surface area contributed by atoms with Crippen molar-refractivity contribution in [3.05, 3.63) is 64.7 Å². The van der Waals surface area contributed by atoms with Gasteiger partial charge in [0.05, 0.1) is 0 Å². The van der Waals surface area contributed by atoms with Crippen molar-refractivity contribution in [3.8, 4) is 5.75 Å². The molecule has 0 aromatic heterocycles. The molecule has 0 spiro atoms. The first-order chi connectivity index (χ1) is 12.4. The Balaban J connectivity index is 1.67. The summed E-state index contributed by atoms with van der Waals surface area (Å²) in [7, 11) is 0. The highest BCUT2D eigenvalue weighted by Gasteiger charge is 2.09. The Morgan fingerprint density at radius 1 is 1.08 bits per heavy atom. The molecule has 1 N–H and O–H groups in total. The lowest BCUT2D eigenvalue weighted by atomic mass is 10.0. The summed E-state index contributed by atoms with van der Waals surface area (Å²) in [5.41, 5.74) is 2.06. The first kappa shape index (κ1) is 19.8. The van der Waals surface area contributed by atoms with Crippen LogP contribution < -0.4 is 10.1 Å². The smallest absolute Gasteiger partial charge is 0.344 e. The van der Waals surface area contributed by atoms with Crippen molar-refractivity contribution in [2.45, 2.75) is 26.3 Å². The maximum Gasteiger partial charge on any atom is 0.344 e.